The van der Waals surface area contributed by atoms with Crippen molar-refractivity contribution in [3.8, 4) is 0 Å². The van der Waals surface area contributed by atoms with Gasteiger partial charge in [0, 0.05) is 0 Å². The molecule has 0 saturated heterocycles. The van der Waals surface area contributed by atoms with E-state index in [0.717, 1.165) is 0 Å². The van der Waals surface area contributed by atoms with E-state index in [-0.39, 0.29) is 33.8 Å². The van der Waals surface area contributed by atoms with Gasteiger partial charge in [0.25, 0.3) is 0 Å². The molecule has 0 saturated carbocycles. The minimum Gasteiger partial charge on any atom is -0.870 e. The molecule has 0 radical (unpaired) electrons. The van der Waals surface area contributed by atoms with Gasteiger partial charge in [0.15, 0.2) is 0 Å². The Morgan fingerprint density at radius 3 is 0.938 bits per heavy atom. The second kappa shape index (κ2) is 15.2. The fourth-order valence-electron chi connectivity index (χ4n) is 0.671. The Morgan fingerprint density at radius 2 is 0.812 bits per heavy atom. The summed E-state index contributed by atoms with van der Waals surface area (Å²) < 4.78 is 0. The summed E-state index contributed by atoms with van der Waals surface area (Å²) in [6.07, 6.45) is -6.39. The third kappa shape index (κ3) is 9.40. The average Bonchev–Trinajstić information content (AvgIpc) is 2.12. The fourth-order valence-corrected chi connectivity index (χ4v) is 0.671. The summed E-state index contributed by atoms with van der Waals surface area (Å²) in [4.78, 5) is 0. The molecule has 9 nitrogen and oxygen atoms in total. The second-order valence-corrected chi connectivity index (χ2v) is 2.48. The predicted molar refractivity (Wildman–Crippen MR) is 49.8 cm³/mol. The van der Waals surface area contributed by atoms with Crippen molar-refractivity contribution in [1.82, 2.24) is 0 Å². The molecule has 0 aliphatic heterocycles. The van der Waals surface area contributed by atoms with Gasteiger partial charge >= 0.3 is 17.4 Å². The van der Waals surface area contributed by atoms with Crippen molar-refractivity contribution in [3.05, 3.63) is 0 Å². The quantitative estimate of drug-likeness (QED) is 0.262. The Kier molecular flexibility index (Phi) is 28.3. The topological polar surface area (TPSA) is 211 Å². The minimum atomic E-state index is -1.67. The van der Waals surface area contributed by atoms with Gasteiger partial charge in [0.1, 0.15) is 24.4 Å². The van der Waals surface area contributed by atoms with E-state index in [9.17, 15) is 0 Å². The van der Waals surface area contributed by atoms with Gasteiger partial charge < -0.3 is 47.1 Å². The Labute approximate surface area is 103 Å². The molecule has 0 aromatic rings. The van der Waals surface area contributed by atoms with Crippen LogP contribution in [0.25, 0.3) is 0 Å². The summed E-state index contributed by atoms with van der Waals surface area (Å²) in [7, 11) is 0. The Bertz CT molecular complexity index is 113. The number of aliphatic hydroxyl groups excluding tert-OH is 6. The molecular formula is C6H17AlO9. The standard InChI is InChI=1S/C6H14O6.Al.3H2O/c7-1-3(9)5(11)6(12)4(10)2-8;;;;/h3-12H,1-2H2;;3*1H2/q;+3;;;/p-3/t3-,4-,5-,6-;;;;/m0..../s1. The molecule has 0 heterocycles. The normalized spacial score (nSPS) is 16.1. The van der Waals surface area contributed by atoms with Crippen molar-refractivity contribution in [2.75, 3.05) is 13.2 Å². The molecule has 9 N–H and O–H groups in total. The first kappa shape index (κ1) is 29.8. The first-order chi connectivity index (χ1) is 5.54. The monoisotopic (exact) mass is 260 g/mol. The maximum absolute atomic E-state index is 8.96. The largest absolute Gasteiger partial charge is 3.00 e. The first-order valence-electron chi connectivity index (χ1n) is 3.48. The fraction of sp³-hybridized carbons (Fsp3) is 1.00. The van der Waals surface area contributed by atoms with E-state index in [1.165, 1.54) is 0 Å². The van der Waals surface area contributed by atoms with Crippen LogP contribution in [0, 0.1) is 0 Å². The smallest absolute Gasteiger partial charge is 0.870 e. The van der Waals surface area contributed by atoms with Gasteiger partial charge in [-0.05, 0) is 0 Å². The molecule has 0 fully saturated rings. The van der Waals surface area contributed by atoms with E-state index in [2.05, 4.69) is 0 Å². The van der Waals surface area contributed by atoms with E-state index < -0.39 is 37.6 Å². The number of hydrogen-bond acceptors (Lipinski definition) is 9. The Morgan fingerprint density at radius 1 is 0.625 bits per heavy atom. The average molecular weight is 260 g/mol. The van der Waals surface area contributed by atoms with Gasteiger partial charge in [-0.25, -0.2) is 0 Å². The van der Waals surface area contributed by atoms with Crippen LogP contribution >= 0.6 is 0 Å². The zero-order valence-corrected chi connectivity index (χ0v) is 9.48. The van der Waals surface area contributed by atoms with Crippen LogP contribution in [0.5, 0.6) is 0 Å². The molecule has 10 heteroatoms. The van der Waals surface area contributed by atoms with Gasteiger partial charge in [0.05, 0.1) is 13.2 Å². The van der Waals surface area contributed by atoms with Crippen molar-refractivity contribution < 1.29 is 47.1 Å². The van der Waals surface area contributed by atoms with Crippen molar-refractivity contribution >= 4 is 17.4 Å². The summed E-state index contributed by atoms with van der Waals surface area (Å²) in [5.74, 6) is 0. The molecular weight excluding hydrogens is 243 g/mol. The Balaban J connectivity index is -0.000000101. The van der Waals surface area contributed by atoms with Crippen molar-refractivity contribution in [3.63, 3.8) is 0 Å². The van der Waals surface area contributed by atoms with E-state index in [0.29, 0.717) is 0 Å². The molecule has 0 unspecified atom stereocenters. The second-order valence-electron chi connectivity index (χ2n) is 2.48. The SMILES string of the molecule is OC[C@H](O)[C@H](O)[C@@H](O)[C@@H](O)CO.[Al+3].[OH-].[OH-].[OH-]. The molecule has 0 spiro atoms. The zero-order valence-electron chi connectivity index (χ0n) is 8.33. The van der Waals surface area contributed by atoms with Gasteiger partial charge in [0.2, 0.25) is 0 Å². The van der Waals surface area contributed by atoms with Crippen LogP contribution in [0.4, 0.5) is 0 Å². The number of rotatable bonds is 5. The molecule has 0 amide bonds. The summed E-state index contributed by atoms with van der Waals surface area (Å²) in [5, 5.41) is 52.2. The van der Waals surface area contributed by atoms with E-state index in [1.807, 2.05) is 0 Å². The van der Waals surface area contributed by atoms with E-state index in [1.54, 1.807) is 0 Å². The van der Waals surface area contributed by atoms with E-state index in [4.69, 9.17) is 30.6 Å². The maximum Gasteiger partial charge on any atom is 3.00 e. The van der Waals surface area contributed by atoms with E-state index >= 15 is 0 Å². The molecule has 16 heavy (non-hydrogen) atoms. The first-order valence-corrected chi connectivity index (χ1v) is 3.48. The predicted octanol–water partition coefficient (Wildman–Crippen LogP) is -4.50. The van der Waals surface area contributed by atoms with Crippen LogP contribution in [0.15, 0.2) is 0 Å². The third-order valence-corrected chi connectivity index (χ3v) is 1.51. The van der Waals surface area contributed by atoms with Crippen molar-refractivity contribution in [2.45, 2.75) is 24.4 Å². The molecule has 0 rings (SSSR count). The van der Waals surface area contributed by atoms with Crippen molar-refractivity contribution in [1.29, 1.82) is 0 Å². The van der Waals surface area contributed by atoms with Gasteiger partial charge in [-0.2, -0.15) is 0 Å². The third-order valence-electron chi connectivity index (χ3n) is 1.51. The van der Waals surface area contributed by atoms with Gasteiger partial charge in [-0.1, -0.05) is 0 Å². The maximum atomic E-state index is 8.96. The van der Waals surface area contributed by atoms with Crippen LogP contribution < -0.4 is 0 Å². The van der Waals surface area contributed by atoms with Crippen LogP contribution in [-0.2, 0) is 0 Å². The summed E-state index contributed by atoms with van der Waals surface area (Å²) in [6, 6.07) is 0. The zero-order chi connectivity index (χ0) is 9.72. The van der Waals surface area contributed by atoms with Gasteiger partial charge in [-0.3, -0.25) is 0 Å². The molecule has 0 aliphatic rings. The molecule has 4 atom stereocenters. The molecule has 0 aromatic carbocycles. The summed E-state index contributed by atoms with van der Waals surface area (Å²) >= 11 is 0. The van der Waals surface area contributed by atoms with Crippen molar-refractivity contribution in [2.24, 2.45) is 0 Å². The van der Waals surface area contributed by atoms with Gasteiger partial charge in [-0.15, -0.1) is 0 Å². The Hall–Kier alpha value is 0.172. The van der Waals surface area contributed by atoms with Crippen LogP contribution in [0.2, 0.25) is 0 Å². The number of hydrogen-bond donors (Lipinski definition) is 6. The summed E-state index contributed by atoms with van der Waals surface area (Å²) in [6.45, 7) is -1.45. The molecule has 0 bridgehead atoms. The van der Waals surface area contributed by atoms with Crippen LogP contribution in [-0.4, -0.2) is 102 Å². The number of aliphatic hydroxyl groups is 6. The summed E-state index contributed by atoms with van der Waals surface area (Å²) in [5.41, 5.74) is 0. The molecule has 98 valence electrons. The van der Waals surface area contributed by atoms with Crippen LogP contribution in [0.3, 0.4) is 0 Å². The molecule has 0 aromatic heterocycles. The van der Waals surface area contributed by atoms with Crippen LogP contribution in [0.1, 0.15) is 0 Å². The minimum absolute atomic E-state index is 0. The molecule has 0 aliphatic carbocycles.